The topological polar surface area (TPSA) is 93.5 Å². The highest BCUT2D eigenvalue weighted by atomic mass is 19.4. The minimum atomic E-state index is -4.80. The number of carbonyl (C=O) groups is 3. The molecule has 0 spiro atoms. The molecule has 0 saturated carbocycles. The van der Waals surface area contributed by atoms with Crippen molar-refractivity contribution in [2.45, 2.75) is 58.2 Å². The van der Waals surface area contributed by atoms with Crippen LogP contribution in [0.5, 0.6) is 0 Å². The van der Waals surface area contributed by atoms with Gasteiger partial charge in [0.1, 0.15) is 11.4 Å². The molecule has 1 aliphatic heterocycles. The summed E-state index contributed by atoms with van der Waals surface area (Å²) in [6, 6.07) is 8.18. The lowest BCUT2D eigenvalue weighted by Crippen LogP contribution is -2.44. The molecule has 11 heteroatoms. The van der Waals surface area contributed by atoms with Crippen LogP contribution in [-0.4, -0.2) is 57.7 Å². The van der Waals surface area contributed by atoms with Crippen LogP contribution in [0.2, 0.25) is 0 Å². The van der Waals surface area contributed by atoms with Gasteiger partial charge in [0.05, 0.1) is 11.3 Å². The summed E-state index contributed by atoms with van der Waals surface area (Å²) < 4.78 is 46.8. The highest BCUT2D eigenvalue weighted by molar-refractivity contribution is 5.95. The van der Waals surface area contributed by atoms with E-state index in [0.29, 0.717) is 25.1 Å². The Morgan fingerprint density at radius 1 is 1.14 bits per heavy atom. The predicted molar refractivity (Wildman–Crippen MR) is 126 cm³/mol. The van der Waals surface area contributed by atoms with E-state index in [9.17, 15) is 27.6 Å². The van der Waals surface area contributed by atoms with Crippen molar-refractivity contribution in [2.75, 3.05) is 19.6 Å². The van der Waals surface area contributed by atoms with E-state index in [1.54, 1.807) is 51.1 Å². The van der Waals surface area contributed by atoms with E-state index in [4.69, 9.17) is 4.74 Å². The van der Waals surface area contributed by atoms with Gasteiger partial charge in [-0.1, -0.05) is 18.2 Å². The Hall–Kier alpha value is -3.37. The third-order valence-electron chi connectivity index (χ3n) is 5.66. The first-order chi connectivity index (χ1) is 16.8. The van der Waals surface area contributed by atoms with Crippen molar-refractivity contribution < 1.29 is 32.3 Å². The molecule has 3 rings (SSSR count). The maximum absolute atomic E-state index is 13.5. The van der Waals surface area contributed by atoms with Crippen molar-refractivity contribution in [1.29, 1.82) is 0 Å². The highest BCUT2D eigenvalue weighted by Crippen LogP contribution is 2.31. The third-order valence-corrected chi connectivity index (χ3v) is 5.66. The van der Waals surface area contributed by atoms with Gasteiger partial charge in [-0.3, -0.25) is 9.59 Å². The molecule has 1 atom stereocenters. The number of piperidine rings is 1. The lowest BCUT2D eigenvalue weighted by Gasteiger charge is -2.33. The van der Waals surface area contributed by atoms with E-state index in [2.05, 4.69) is 10.4 Å². The van der Waals surface area contributed by atoms with Crippen LogP contribution in [0.25, 0.3) is 5.69 Å². The quantitative estimate of drug-likeness (QED) is 0.551. The number of nitrogens with one attached hydrogen (secondary N) is 1. The highest BCUT2D eigenvalue weighted by Gasteiger charge is 2.39. The average molecular weight is 509 g/mol. The number of alkyl halides is 3. The average Bonchev–Trinajstić information content (AvgIpc) is 3.28. The minimum absolute atomic E-state index is 0.0287. The molecule has 8 nitrogen and oxygen atoms in total. The van der Waals surface area contributed by atoms with Gasteiger partial charge in [0, 0.05) is 38.2 Å². The zero-order chi connectivity index (χ0) is 26.5. The van der Waals surface area contributed by atoms with Crippen LogP contribution in [0.3, 0.4) is 0 Å². The van der Waals surface area contributed by atoms with Crippen molar-refractivity contribution in [3.05, 3.63) is 47.8 Å². The number of Topliss-reactive ketones (excluding diaryl/α,β-unsaturated/α-hetero) is 1. The molecule has 2 heterocycles. The van der Waals surface area contributed by atoms with Crippen LogP contribution in [0.4, 0.5) is 18.0 Å². The van der Waals surface area contributed by atoms with E-state index in [1.165, 1.54) is 4.90 Å². The fourth-order valence-electron chi connectivity index (χ4n) is 3.96. The predicted octanol–water partition coefficient (Wildman–Crippen LogP) is 4.62. The SMILES string of the molecule is CC(C)(C)OC(=O)N1CCCC(C(=O)CCCNC(=O)c2cn(-c3ccccc3)nc2C(F)(F)F)C1. The van der Waals surface area contributed by atoms with Gasteiger partial charge in [-0.05, 0) is 52.2 Å². The molecule has 2 amide bonds. The number of halogens is 3. The third kappa shape index (κ3) is 7.32. The number of para-hydroxylation sites is 1. The number of nitrogens with zero attached hydrogens (tertiary/aromatic N) is 3. The zero-order valence-corrected chi connectivity index (χ0v) is 20.6. The second-order valence-electron chi connectivity index (χ2n) is 9.76. The first-order valence-electron chi connectivity index (χ1n) is 11.9. The van der Waals surface area contributed by atoms with E-state index in [-0.39, 0.29) is 37.6 Å². The van der Waals surface area contributed by atoms with Crippen LogP contribution in [0.15, 0.2) is 36.5 Å². The Bertz CT molecular complexity index is 1080. The van der Waals surface area contributed by atoms with Gasteiger partial charge in [-0.15, -0.1) is 0 Å². The number of hydrogen-bond acceptors (Lipinski definition) is 5. The van der Waals surface area contributed by atoms with Gasteiger partial charge in [-0.2, -0.15) is 18.3 Å². The number of benzene rings is 1. The summed E-state index contributed by atoms with van der Waals surface area (Å²) in [5, 5.41) is 6.03. The van der Waals surface area contributed by atoms with Gasteiger partial charge in [0.25, 0.3) is 5.91 Å². The first-order valence-corrected chi connectivity index (χ1v) is 11.9. The summed E-state index contributed by atoms with van der Waals surface area (Å²) in [6.45, 7) is 6.14. The largest absolute Gasteiger partial charge is 0.444 e. The van der Waals surface area contributed by atoms with Gasteiger partial charge >= 0.3 is 12.3 Å². The van der Waals surface area contributed by atoms with Crippen molar-refractivity contribution >= 4 is 17.8 Å². The number of ether oxygens (including phenoxy) is 1. The molecule has 0 aliphatic carbocycles. The number of carbonyl (C=O) groups excluding carboxylic acids is 3. The lowest BCUT2D eigenvalue weighted by atomic mass is 9.91. The molecule has 1 aromatic heterocycles. The van der Waals surface area contributed by atoms with Crippen LogP contribution in [0.1, 0.15) is 62.5 Å². The second-order valence-corrected chi connectivity index (χ2v) is 9.76. The number of amides is 2. The smallest absolute Gasteiger partial charge is 0.435 e. The summed E-state index contributed by atoms with van der Waals surface area (Å²) in [5.41, 5.74) is -2.10. The first kappa shape index (κ1) is 27.2. The number of rotatable bonds is 7. The second kappa shape index (κ2) is 11.1. The molecule has 36 heavy (non-hydrogen) atoms. The summed E-state index contributed by atoms with van der Waals surface area (Å²) in [7, 11) is 0. The summed E-state index contributed by atoms with van der Waals surface area (Å²) in [4.78, 5) is 39.0. The van der Waals surface area contributed by atoms with Gasteiger partial charge in [-0.25, -0.2) is 9.48 Å². The number of hydrogen-bond donors (Lipinski definition) is 1. The lowest BCUT2D eigenvalue weighted by molar-refractivity contribution is -0.141. The molecule has 1 N–H and O–H groups in total. The van der Waals surface area contributed by atoms with E-state index in [0.717, 1.165) is 10.9 Å². The van der Waals surface area contributed by atoms with Gasteiger partial charge in [0.15, 0.2) is 5.69 Å². The molecular formula is C25H31F3N4O4. The fraction of sp³-hybridized carbons (Fsp3) is 0.520. The van der Waals surface area contributed by atoms with Crippen molar-refractivity contribution in [3.8, 4) is 5.69 Å². The Labute approximate surface area is 207 Å². The van der Waals surface area contributed by atoms with Crippen LogP contribution >= 0.6 is 0 Å². The Kier molecular flexibility index (Phi) is 8.42. The maximum atomic E-state index is 13.5. The molecule has 1 unspecified atom stereocenters. The molecule has 1 saturated heterocycles. The van der Waals surface area contributed by atoms with Crippen molar-refractivity contribution in [2.24, 2.45) is 5.92 Å². The minimum Gasteiger partial charge on any atom is -0.444 e. The number of ketones is 1. The molecular weight excluding hydrogens is 477 g/mol. The van der Waals surface area contributed by atoms with Crippen LogP contribution < -0.4 is 5.32 Å². The zero-order valence-electron chi connectivity index (χ0n) is 20.6. The van der Waals surface area contributed by atoms with E-state index < -0.39 is 35.0 Å². The normalized spacial score (nSPS) is 16.5. The van der Waals surface area contributed by atoms with Crippen molar-refractivity contribution in [1.82, 2.24) is 20.0 Å². The fourth-order valence-corrected chi connectivity index (χ4v) is 3.96. The van der Waals surface area contributed by atoms with Crippen molar-refractivity contribution in [3.63, 3.8) is 0 Å². The van der Waals surface area contributed by atoms with Crippen LogP contribution in [0, 0.1) is 5.92 Å². The summed E-state index contributed by atoms with van der Waals surface area (Å²) in [5.74, 6) is -1.29. The standard InChI is InChI=1S/C25H31F3N4O4/c1-24(2,3)36-23(35)31-14-8-9-17(15-31)20(33)12-7-13-29-22(34)19-16-32(18-10-5-4-6-11-18)30-21(19)25(26,27)28/h4-6,10-11,16-17H,7-9,12-15H2,1-3H3,(H,29,34). The summed E-state index contributed by atoms with van der Waals surface area (Å²) >= 11 is 0. The van der Waals surface area contributed by atoms with E-state index in [1.807, 2.05) is 0 Å². The Morgan fingerprint density at radius 2 is 1.83 bits per heavy atom. The monoisotopic (exact) mass is 508 g/mol. The number of likely N-dealkylation sites (tertiary alicyclic amines) is 1. The molecule has 0 bridgehead atoms. The Balaban J connectivity index is 1.53. The molecule has 0 radical (unpaired) electrons. The molecule has 1 aromatic carbocycles. The number of aromatic nitrogens is 2. The molecule has 2 aromatic rings. The molecule has 196 valence electrons. The summed E-state index contributed by atoms with van der Waals surface area (Å²) in [6.07, 6.45) is -2.47. The van der Waals surface area contributed by atoms with E-state index >= 15 is 0 Å². The molecule has 1 fully saturated rings. The van der Waals surface area contributed by atoms with Crippen LogP contribution in [-0.2, 0) is 15.7 Å². The molecule has 1 aliphatic rings. The Morgan fingerprint density at radius 3 is 2.47 bits per heavy atom. The maximum Gasteiger partial charge on any atom is 0.435 e. The van der Waals surface area contributed by atoms with Gasteiger partial charge in [0.2, 0.25) is 0 Å². The van der Waals surface area contributed by atoms with Gasteiger partial charge < -0.3 is 15.0 Å².